The zero-order chi connectivity index (χ0) is 17.8. The van der Waals surface area contributed by atoms with Crippen molar-refractivity contribution < 1.29 is 14.0 Å². The first-order valence-electron chi connectivity index (χ1n) is 8.84. The summed E-state index contributed by atoms with van der Waals surface area (Å²) in [6.45, 7) is 2.45. The minimum atomic E-state index is -0.599. The van der Waals surface area contributed by atoms with Gasteiger partial charge in [0.25, 0.3) is 5.91 Å². The van der Waals surface area contributed by atoms with Crippen molar-refractivity contribution in [1.82, 2.24) is 14.8 Å². The quantitative estimate of drug-likeness (QED) is 0.928. The van der Waals surface area contributed by atoms with Gasteiger partial charge in [0.05, 0.1) is 12.3 Å². The highest BCUT2D eigenvalue weighted by Gasteiger charge is 2.31. The van der Waals surface area contributed by atoms with Crippen molar-refractivity contribution in [2.75, 3.05) is 6.54 Å². The molecule has 25 heavy (non-hydrogen) atoms. The lowest BCUT2D eigenvalue weighted by Gasteiger charge is -2.32. The maximum Gasteiger partial charge on any atom is 0.287 e. The summed E-state index contributed by atoms with van der Waals surface area (Å²) >= 11 is 0. The second-order valence-corrected chi connectivity index (χ2v) is 6.61. The molecule has 0 bridgehead atoms. The third kappa shape index (κ3) is 3.78. The number of hydrogen-bond acceptors (Lipinski definition) is 3. The molecule has 3 heterocycles. The van der Waals surface area contributed by atoms with Crippen LogP contribution in [0.4, 0.5) is 0 Å². The van der Waals surface area contributed by atoms with Gasteiger partial charge in [0, 0.05) is 25.5 Å². The Morgan fingerprint density at radius 1 is 1.24 bits per heavy atom. The molecule has 0 aromatic carbocycles. The maximum absolute atomic E-state index is 13.0. The molecule has 6 nitrogen and oxygen atoms in total. The SMILES string of the molecule is C[C@@H](NC(=O)c1ccco1)C(=O)N1CCCCC[C@H]1c1cccn1C. The van der Waals surface area contributed by atoms with E-state index in [1.165, 1.54) is 6.26 Å². The van der Waals surface area contributed by atoms with Crippen molar-refractivity contribution >= 4 is 11.8 Å². The van der Waals surface area contributed by atoms with Crippen molar-refractivity contribution in [3.05, 3.63) is 48.2 Å². The van der Waals surface area contributed by atoms with E-state index < -0.39 is 6.04 Å². The summed E-state index contributed by atoms with van der Waals surface area (Å²) in [4.78, 5) is 27.1. The fraction of sp³-hybridized carbons (Fsp3) is 0.474. The van der Waals surface area contributed by atoms with Gasteiger partial charge in [-0.05, 0) is 44.0 Å². The monoisotopic (exact) mass is 343 g/mol. The fourth-order valence-electron chi connectivity index (χ4n) is 3.49. The summed E-state index contributed by atoms with van der Waals surface area (Å²) in [6, 6.07) is 6.77. The Balaban J connectivity index is 1.75. The summed E-state index contributed by atoms with van der Waals surface area (Å²) < 4.78 is 7.17. The van der Waals surface area contributed by atoms with E-state index in [0.29, 0.717) is 0 Å². The number of rotatable bonds is 4. The molecule has 1 aliphatic rings. The third-order valence-electron chi connectivity index (χ3n) is 4.82. The lowest BCUT2D eigenvalue weighted by Crippen LogP contribution is -2.48. The summed E-state index contributed by atoms with van der Waals surface area (Å²) in [5.41, 5.74) is 1.14. The van der Waals surface area contributed by atoms with Gasteiger partial charge >= 0.3 is 0 Å². The molecule has 6 heteroatoms. The molecule has 3 rings (SSSR count). The third-order valence-corrected chi connectivity index (χ3v) is 4.82. The van der Waals surface area contributed by atoms with Crippen LogP contribution in [0, 0.1) is 0 Å². The molecule has 0 unspecified atom stereocenters. The van der Waals surface area contributed by atoms with E-state index in [0.717, 1.165) is 37.9 Å². The molecule has 2 aromatic heterocycles. The van der Waals surface area contributed by atoms with E-state index in [1.54, 1.807) is 19.1 Å². The maximum atomic E-state index is 13.0. The van der Waals surface area contributed by atoms with Crippen molar-refractivity contribution in [3.8, 4) is 0 Å². The van der Waals surface area contributed by atoms with E-state index >= 15 is 0 Å². The molecule has 134 valence electrons. The molecule has 1 N–H and O–H groups in total. The highest BCUT2D eigenvalue weighted by Crippen LogP contribution is 2.30. The summed E-state index contributed by atoms with van der Waals surface area (Å²) in [5, 5.41) is 2.75. The minimum absolute atomic E-state index is 0.0481. The Kier molecular flexibility index (Phi) is 5.26. The molecule has 1 fully saturated rings. The summed E-state index contributed by atoms with van der Waals surface area (Å²) in [7, 11) is 2.00. The van der Waals surface area contributed by atoms with Crippen LogP contribution < -0.4 is 5.32 Å². The van der Waals surface area contributed by atoms with E-state index in [4.69, 9.17) is 4.42 Å². The Morgan fingerprint density at radius 2 is 2.08 bits per heavy atom. The molecule has 0 saturated carbocycles. The van der Waals surface area contributed by atoms with Crippen molar-refractivity contribution in [2.24, 2.45) is 7.05 Å². The standard InChI is InChI=1S/C19H25N3O3/c1-14(20-18(23)17-10-7-13-25-17)19(24)22-12-5-3-4-8-16(22)15-9-6-11-21(15)2/h6-7,9-11,13-14,16H,3-5,8,12H2,1-2H3,(H,20,23)/t14-,16+/m1/s1. The number of hydrogen-bond donors (Lipinski definition) is 1. The van der Waals surface area contributed by atoms with Crippen molar-refractivity contribution in [1.29, 1.82) is 0 Å². The normalized spacial score (nSPS) is 19.3. The van der Waals surface area contributed by atoms with Gasteiger partial charge in [0.2, 0.25) is 5.91 Å². The zero-order valence-corrected chi connectivity index (χ0v) is 14.8. The molecule has 2 atom stereocenters. The minimum Gasteiger partial charge on any atom is -0.459 e. The van der Waals surface area contributed by atoms with Gasteiger partial charge in [-0.25, -0.2) is 0 Å². The lowest BCUT2D eigenvalue weighted by atomic mass is 10.1. The van der Waals surface area contributed by atoms with Crippen LogP contribution in [0.3, 0.4) is 0 Å². The van der Waals surface area contributed by atoms with Crippen LogP contribution in [0.2, 0.25) is 0 Å². The zero-order valence-electron chi connectivity index (χ0n) is 14.8. The largest absolute Gasteiger partial charge is 0.459 e. The highest BCUT2D eigenvalue weighted by atomic mass is 16.3. The average Bonchev–Trinajstić information content (AvgIpc) is 3.21. The van der Waals surface area contributed by atoms with Crippen molar-refractivity contribution in [3.63, 3.8) is 0 Å². The Labute approximate surface area is 147 Å². The second kappa shape index (κ2) is 7.59. The molecule has 2 amide bonds. The van der Waals surface area contributed by atoms with Gasteiger partial charge in [-0.2, -0.15) is 0 Å². The van der Waals surface area contributed by atoms with E-state index in [9.17, 15) is 9.59 Å². The van der Waals surface area contributed by atoms with Gasteiger partial charge in [0.1, 0.15) is 6.04 Å². The predicted octanol–water partition coefficient (Wildman–Crippen LogP) is 2.88. The van der Waals surface area contributed by atoms with Gasteiger partial charge in [0.15, 0.2) is 5.76 Å². The van der Waals surface area contributed by atoms with Crippen LogP contribution in [0.1, 0.15) is 54.9 Å². The van der Waals surface area contributed by atoms with Crippen LogP contribution >= 0.6 is 0 Å². The number of aryl methyl sites for hydroxylation is 1. The van der Waals surface area contributed by atoms with Crippen molar-refractivity contribution in [2.45, 2.75) is 44.7 Å². The molecule has 1 aliphatic heterocycles. The topological polar surface area (TPSA) is 67.5 Å². The van der Waals surface area contributed by atoms with E-state index in [1.807, 2.05) is 24.2 Å². The molecule has 1 saturated heterocycles. The molecular formula is C19H25N3O3. The van der Waals surface area contributed by atoms with Crippen LogP contribution in [0.15, 0.2) is 41.1 Å². The Hall–Kier alpha value is -2.50. The van der Waals surface area contributed by atoms with E-state index in [2.05, 4.69) is 16.0 Å². The second-order valence-electron chi connectivity index (χ2n) is 6.61. The fourth-order valence-corrected chi connectivity index (χ4v) is 3.49. The van der Waals surface area contributed by atoms with Crippen LogP contribution in [0.25, 0.3) is 0 Å². The first kappa shape index (κ1) is 17.3. The van der Waals surface area contributed by atoms with Gasteiger partial charge < -0.3 is 19.2 Å². The van der Waals surface area contributed by atoms with Crippen LogP contribution in [-0.4, -0.2) is 33.9 Å². The first-order chi connectivity index (χ1) is 12.1. The summed E-state index contributed by atoms with van der Waals surface area (Å²) in [6.07, 6.45) is 7.62. The number of furan rings is 1. The number of amides is 2. The van der Waals surface area contributed by atoms with Crippen LogP contribution in [-0.2, 0) is 11.8 Å². The highest BCUT2D eigenvalue weighted by molar-refractivity contribution is 5.95. The number of nitrogens with zero attached hydrogens (tertiary/aromatic N) is 2. The molecular weight excluding hydrogens is 318 g/mol. The number of carbonyl (C=O) groups excluding carboxylic acids is 2. The molecule has 0 aliphatic carbocycles. The van der Waals surface area contributed by atoms with Gasteiger partial charge in [-0.3, -0.25) is 9.59 Å². The Morgan fingerprint density at radius 3 is 2.76 bits per heavy atom. The predicted molar refractivity (Wildman–Crippen MR) is 94.0 cm³/mol. The summed E-state index contributed by atoms with van der Waals surface area (Å²) in [5.74, 6) is -0.196. The molecule has 2 aromatic rings. The molecule has 0 radical (unpaired) electrons. The average molecular weight is 343 g/mol. The number of nitrogens with one attached hydrogen (secondary N) is 1. The lowest BCUT2D eigenvalue weighted by molar-refractivity contribution is -0.135. The number of aromatic nitrogens is 1. The number of likely N-dealkylation sites (tertiary alicyclic amines) is 1. The van der Waals surface area contributed by atoms with Gasteiger partial charge in [-0.15, -0.1) is 0 Å². The Bertz CT molecular complexity index is 720. The molecule has 0 spiro atoms. The van der Waals surface area contributed by atoms with E-state index in [-0.39, 0.29) is 23.6 Å². The van der Waals surface area contributed by atoms with Gasteiger partial charge in [-0.1, -0.05) is 12.8 Å². The smallest absolute Gasteiger partial charge is 0.287 e. The first-order valence-corrected chi connectivity index (χ1v) is 8.84. The number of carbonyl (C=O) groups is 2. The van der Waals surface area contributed by atoms with Crippen LogP contribution in [0.5, 0.6) is 0 Å².